The Labute approximate surface area is 222 Å². The second kappa shape index (κ2) is 10.1. The fourth-order valence-electron chi connectivity index (χ4n) is 4.04. The molecule has 2 aromatic heterocycles. The van der Waals surface area contributed by atoms with Crippen LogP contribution in [-0.2, 0) is 4.79 Å². The first kappa shape index (κ1) is 24.0. The molecule has 4 aromatic rings. The van der Waals surface area contributed by atoms with Crippen LogP contribution in [0.2, 0.25) is 20.1 Å². The van der Waals surface area contributed by atoms with E-state index >= 15 is 0 Å². The number of carbonyl (C=O) groups excluding carboxylic acids is 1. The number of allylic oxidation sites excluding steroid dienone is 2. The average molecular weight is 544 g/mol. The lowest BCUT2D eigenvalue weighted by Crippen LogP contribution is -2.12. The second-order valence-electron chi connectivity index (χ2n) is 8.17. The van der Waals surface area contributed by atoms with E-state index in [1.165, 1.54) is 0 Å². The zero-order chi connectivity index (χ0) is 24.5. The van der Waals surface area contributed by atoms with Crippen LogP contribution in [0, 0.1) is 0 Å². The van der Waals surface area contributed by atoms with Crippen molar-refractivity contribution in [2.45, 2.75) is 19.3 Å². The molecule has 1 saturated carbocycles. The molecule has 0 unspecified atom stereocenters. The van der Waals surface area contributed by atoms with E-state index < -0.39 is 0 Å². The minimum Gasteiger partial charge on any atom is -0.457 e. The first-order valence-corrected chi connectivity index (χ1v) is 12.4. The minimum absolute atomic E-state index is 0.0197. The van der Waals surface area contributed by atoms with Gasteiger partial charge in [-0.15, -0.1) is 0 Å². The number of benzene rings is 2. The number of ketones is 1. The van der Waals surface area contributed by atoms with Gasteiger partial charge in [0.1, 0.15) is 23.0 Å². The molecule has 0 amide bonds. The lowest BCUT2D eigenvalue weighted by atomic mass is 9.88. The highest BCUT2D eigenvalue weighted by Gasteiger charge is 2.22. The average Bonchev–Trinajstić information content (AvgIpc) is 3.49. The van der Waals surface area contributed by atoms with E-state index in [9.17, 15) is 4.79 Å². The number of halogens is 4. The predicted molar refractivity (Wildman–Crippen MR) is 143 cm³/mol. The third-order valence-electron chi connectivity index (χ3n) is 5.75. The molecule has 0 saturated heterocycles. The monoisotopic (exact) mass is 542 g/mol. The zero-order valence-electron chi connectivity index (χ0n) is 18.3. The summed E-state index contributed by atoms with van der Waals surface area (Å²) in [6.45, 7) is 0. The Bertz CT molecular complexity index is 1380. The Kier molecular flexibility index (Phi) is 6.95. The Morgan fingerprint density at radius 2 is 1.09 bits per heavy atom. The molecule has 3 nitrogen and oxygen atoms in total. The van der Waals surface area contributed by atoms with E-state index in [0.717, 1.165) is 6.42 Å². The molecule has 7 heteroatoms. The molecule has 1 aliphatic rings. The van der Waals surface area contributed by atoms with E-state index in [0.29, 0.717) is 78.2 Å². The summed E-state index contributed by atoms with van der Waals surface area (Å²) in [7, 11) is 0. The van der Waals surface area contributed by atoms with Crippen molar-refractivity contribution in [2.75, 3.05) is 0 Å². The van der Waals surface area contributed by atoms with E-state index in [4.69, 9.17) is 55.2 Å². The van der Waals surface area contributed by atoms with Gasteiger partial charge in [-0.05, 0) is 92.1 Å². The molecule has 5 rings (SSSR count). The molecule has 0 aliphatic heterocycles. The van der Waals surface area contributed by atoms with Gasteiger partial charge in [-0.1, -0.05) is 46.4 Å². The van der Waals surface area contributed by atoms with E-state index in [2.05, 4.69) is 0 Å². The highest BCUT2D eigenvalue weighted by atomic mass is 35.5. The molecule has 0 spiro atoms. The smallest absolute Gasteiger partial charge is 0.185 e. The van der Waals surface area contributed by atoms with E-state index in [-0.39, 0.29) is 5.78 Å². The molecule has 0 N–H and O–H groups in total. The molecule has 1 aliphatic carbocycles. The van der Waals surface area contributed by atoms with Crippen molar-refractivity contribution in [1.82, 2.24) is 0 Å². The van der Waals surface area contributed by atoms with E-state index in [1.54, 1.807) is 48.6 Å². The molecule has 2 heterocycles. The van der Waals surface area contributed by atoms with Gasteiger partial charge in [0, 0.05) is 32.3 Å². The van der Waals surface area contributed by atoms with Gasteiger partial charge in [0.15, 0.2) is 5.78 Å². The van der Waals surface area contributed by atoms with Gasteiger partial charge < -0.3 is 8.83 Å². The quantitative estimate of drug-likeness (QED) is 0.240. The maximum atomic E-state index is 13.2. The van der Waals surface area contributed by atoms with Crippen LogP contribution in [0.3, 0.4) is 0 Å². The SMILES string of the molecule is O=C1/C(=C/c2ccc(-c3cc(Cl)ccc3Cl)o2)CCC/C1=C\c1ccc(-c2cc(Cl)ccc2Cl)o1. The Hall–Kier alpha value is -2.69. The molecular weight excluding hydrogens is 526 g/mol. The van der Waals surface area contributed by atoms with Crippen LogP contribution < -0.4 is 0 Å². The van der Waals surface area contributed by atoms with Crippen LogP contribution in [0.25, 0.3) is 34.8 Å². The van der Waals surface area contributed by atoms with Gasteiger partial charge in [-0.25, -0.2) is 0 Å². The van der Waals surface area contributed by atoms with Crippen LogP contribution in [0.4, 0.5) is 0 Å². The van der Waals surface area contributed by atoms with Gasteiger partial charge in [-0.2, -0.15) is 0 Å². The number of hydrogen-bond donors (Lipinski definition) is 0. The molecule has 0 atom stereocenters. The summed E-state index contributed by atoms with van der Waals surface area (Å²) in [6, 6.07) is 17.7. The van der Waals surface area contributed by atoms with Crippen molar-refractivity contribution >= 4 is 64.3 Å². The summed E-state index contributed by atoms with van der Waals surface area (Å²) in [5.41, 5.74) is 2.77. The number of carbonyl (C=O) groups is 1. The first-order chi connectivity index (χ1) is 16.9. The molecule has 1 fully saturated rings. The van der Waals surface area contributed by atoms with Crippen molar-refractivity contribution in [3.8, 4) is 22.6 Å². The largest absolute Gasteiger partial charge is 0.457 e. The maximum absolute atomic E-state index is 13.2. The number of hydrogen-bond acceptors (Lipinski definition) is 3. The minimum atomic E-state index is -0.0197. The molecule has 0 bridgehead atoms. The Balaban J connectivity index is 1.39. The summed E-state index contributed by atoms with van der Waals surface area (Å²) < 4.78 is 11.9. The third kappa shape index (κ3) is 5.29. The van der Waals surface area contributed by atoms with Crippen LogP contribution in [0.1, 0.15) is 30.8 Å². The van der Waals surface area contributed by atoms with Crippen molar-refractivity contribution in [3.63, 3.8) is 0 Å². The number of furan rings is 2. The van der Waals surface area contributed by atoms with Gasteiger partial charge >= 0.3 is 0 Å². The number of rotatable bonds is 4. The normalized spacial score (nSPS) is 16.4. The molecule has 35 heavy (non-hydrogen) atoms. The summed E-state index contributed by atoms with van der Waals surface area (Å²) >= 11 is 24.8. The maximum Gasteiger partial charge on any atom is 0.185 e. The van der Waals surface area contributed by atoms with Crippen LogP contribution in [0.5, 0.6) is 0 Å². The topological polar surface area (TPSA) is 43.4 Å². The highest BCUT2D eigenvalue weighted by molar-refractivity contribution is 6.35. The first-order valence-electron chi connectivity index (χ1n) is 10.9. The lowest BCUT2D eigenvalue weighted by molar-refractivity contribution is -0.112. The van der Waals surface area contributed by atoms with Crippen molar-refractivity contribution in [3.05, 3.63) is 103 Å². The van der Waals surface area contributed by atoms with Crippen molar-refractivity contribution < 1.29 is 13.6 Å². The molecule has 2 aromatic carbocycles. The predicted octanol–water partition coefficient (Wildman–Crippen LogP) is 10.0. The summed E-state index contributed by atoms with van der Waals surface area (Å²) in [5.74, 6) is 2.32. The molecular formula is C28H18Cl4O3. The van der Waals surface area contributed by atoms with Crippen molar-refractivity contribution in [2.24, 2.45) is 0 Å². The summed E-state index contributed by atoms with van der Waals surface area (Å²) in [5, 5.41) is 2.21. The summed E-state index contributed by atoms with van der Waals surface area (Å²) in [6.07, 6.45) is 5.77. The third-order valence-corrected chi connectivity index (χ3v) is 6.88. The van der Waals surface area contributed by atoms with Crippen LogP contribution >= 0.6 is 46.4 Å². The van der Waals surface area contributed by atoms with Crippen LogP contribution in [-0.4, -0.2) is 5.78 Å². The number of Topliss-reactive ketones (excluding diaryl/α,β-unsaturated/α-hetero) is 1. The van der Waals surface area contributed by atoms with Gasteiger partial charge in [-0.3, -0.25) is 4.79 Å². The Morgan fingerprint density at radius 1 is 0.629 bits per heavy atom. The Morgan fingerprint density at radius 3 is 1.54 bits per heavy atom. The van der Waals surface area contributed by atoms with Gasteiger partial charge in [0.05, 0.1) is 10.0 Å². The molecule has 176 valence electrons. The molecule has 0 radical (unpaired) electrons. The lowest BCUT2D eigenvalue weighted by Gasteiger charge is -2.15. The fourth-order valence-corrected chi connectivity index (χ4v) is 4.81. The fraction of sp³-hybridized carbons (Fsp3) is 0.107. The van der Waals surface area contributed by atoms with Gasteiger partial charge in [0.2, 0.25) is 0 Å². The second-order valence-corrected chi connectivity index (χ2v) is 9.86. The van der Waals surface area contributed by atoms with Gasteiger partial charge in [0.25, 0.3) is 0 Å². The van der Waals surface area contributed by atoms with Crippen LogP contribution in [0.15, 0.2) is 80.6 Å². The standard InChI is InChI=1S/C28H18Cl4O3/c29-18-4-8-24(31)22(14-18)26-10-6-20(34-26)12-16-2-1-3-17(28(16)33)13-21-7-11-27(35-21)23-15-19(30)5-9-25(23)32/h4-15H,1-3H2/b16-12+,17-13+. The zero-order valence-corrected chi connectivity index (χ0v) is 21.3. The summed E-state index contributed by atoms with van der Waals surface area (Å²) in [4.78, 5) is 13.2. The highest BCUT2D eigenvalue weighted by Crippen LogP contribution is 2.35. The van der Waals surface area contributed by atoms with E-state index in [1.807, 2.05) is 24.3 Å². The van der Waals surface area contributed by atoms with Crippen molar-refractivity contribution in [1.29, 1.82) is 0 Å².